The monoisotopic (exact) mass is 338 g/mol. The summed E-state index contributed by atoms with van der Waals surface area (Å²) in [5.74, 6) is 0. The summed E-state index contributed by atoms with van der Waals surface area (Å²) in [6, 6.07) is 10.3. The van der Waals surface area contributed by atoms with Crippen LogP contribution in [0.2, 0.25) is 4.34 Å². The molecule has 2 aromatic rings. The second kappa shape index (κ2) is 7.25. The molecule has 1 heterocycles. The lowest BCUT2D eigenvalue weighted by molar-refractivity contribution is 0.446. The van der Waals surface area contributed by atoms with Gasteiger partial charge in [0.2, 0.25) is 0 Å². The highest BCUT2D eigenvalue weighted by Crippen LogP contribution is 2.23. The van der Waals surface area contributed by atoms with Crippen LogP contribution in [0.4, 0.5) is 5.69 Å². The maximum absolute atomic E-state index is 5.98. The van der Waals surface area contributed by atoms with Crippen molar-refractivity contribution in [2.24, 2.45) is 0 Å². The second-order valence-corrected chi connectivity index (χ2v) is 7.14. The van der Waals surface area contributed by atoms with Crippen molar-refractivity contribution >= 4 is 46.0 Å². The van der Waals surface area contributed by atoms with Crippen molar-refractivity contribution in [2.45, 2.75) is 27.3 Å². The quantitative estimate of drug-likeness (QED) is 0.768. The molecular formula is C16H19ClN2S2. The topological polar surface area (TPSA) is 15.3 Å². The number of anilines is 1. The number of aryl methyl sites for hydroxylation is 2. The molecule has 0 bridgehead atoms. The van der Waals surface area contributed by atoms with E-state index in [1.165, 1.54) is 16.0 Å². The van der Waals surface area contributed by atoms with Crippen LogP contribution in [-0.2, 0) is 6.54 Å². The lowest BCUT2D eigenvalue weighted by Crippen LogP contribution is -2.33. The van der Waals surface area contributed by atoms with Crippen molar-refractivity contribution in [3.05, 3.63) is 50.7 Å². The van der Waals surface area contributed by atoms with Gasteiger partial charge in [0.05, 0.1) is 10.9 Å². The molecule has 112 valence electrons. The molecule has 0 aliphatic carbocycles. The molecule has 0 spiro atoms. The minimum atomic E-state index is 0.741. The van der Waals surface area contributed by atoms with Gasteiger partial charge in [0.1, 0.15) is 0 Å². The minimum absolute atomic E-state index is 0.741. The SMILES string of the molecule is CCN(Cc1ccc(Cl)s1)C(=S)Nc1ccc(C)c(C)c1. The number of halogens is 1. The van der Waals surface area contributed by atoms with Crippen molar-refractivity contribution < 1.29 is 0 Å². The Morgan fingerprint density at radius 1 is 1.24 bits per heavy atom. The number of hydrogen-bond donors (Lipinski definition) is 1. The largest absolute Gasteiger partial charge is 0.344 e. The van der Waals surface area contributed by atoms with Gasteiger partial charge in [-0.25, -0.2) is 0 Å². The molecule has 0 aliphatic rings. The third-order valence-electron chi connectivity index (χ3n) is 3.40. The molecule has 1 aromatic carbocycles. The summed E-state index contributed by atoms with van der Waals surface area (Å²) in [5, 5.41) is 4.06. The zero-order valence-electron chi connectivity index (χ0n) is 12.4. The predicted molar refractivity (Wildman–Crippen MR) is 97.5 cm³/mol. The van der Waals surface area contributed by atoms with E-state index in [1.807, 2.05) is 12.1 Å². The molecule has 0 amide bonds. The molecule has 0 unspecified atom stereocenters. The predicted octanol–water partition coefficient (Wildman–Crippen LogP) is 5.24. The van der Waals surface area contributed by atoms with E-state index in [-0.39, 0.29) is 0 Å². The summed E-state index contributed by atoms with van der Waals surface area (Å²) in [5.41, 5.74) is 3.58. The van der Waals surface area contributed by atoms with E-state index in [2.05, 4.69) is 49.2 Å². The summed E-state index contributed by atoms with van der Waals surface area (Å²) >= 11 is 13.1. The number of thiocarbonyl (C=S) groups is 1. The Morgan fingerprint density at radius 2 is 2.00 bits per heavy atom. The molecule has 0 radical (unpaired) electrons. The molecule has 5 heteroatoms. The highest BCUT2D eigenvalue weighted by atomic mass is 35.5. The zero-order chi connectivity index (χ0) is 15.4. The number of nitrogens with one attached hydrogen (secondary N) is 1. The first-order valence-electron chi connectivity index (χ1n) is 6.87. The third-order valence-corrected chi connectivity index (χ3v) is 4.98. The normalized spacial score (nSPS) is 10.5. The average molecular weight is 339 g/mol. The van der Waals surface area contributed by atoms with Crippen LogP contribution in [0.3, 0.4) is 0 Å². The first-order chi connectivity index (χ1) is 9.99. The Hall–Kier alpha value is -1.10. The molecule has 1 N–H and O–H groups in total. The first-order valence-corrected chi connectivity index (χ1v) is 8.47. The Kier molecular flexibility index (Phi) is 5.62. The van der Waals surface area contributed by atoms with Gasteiger partial charge in [-0.15, -0.1) is 11.3 Å². The van der Waals surface area contributed by atoms with Gasteiger partial charge in [-0.2, -0.15) is 0 Å². The summed E-state index contributed by atoms with van der Waals surface area (Å²) in [6.07, 6.45) is 0. The van der Waals surface area contributed by atoms with Gasteiger partial charge >= 0.3 is 0 Å². The number of nitrogens with zero attached hydrogens (tertiary/aromatic N) is 1. The van der Waals surface area contributed by atoms with Crippen molar-refractivity contribution in [2.75, 3.05) is 11.9 Å². The van der Waals surface area contributed by atoms with Gasteiger partial charge in [0.25, 0.3) is 0 Å². The molecule has 0 aliphatic heterocycles. The van der Waals surface area contributed by atoms with Crippen LogP contribution in [0.5, 0.6) is 0 Å². The fraction of sp³-hybridized carbons (Fsp3) is 0.312. The molecular weight excluding hydrogens is 320 g/mol. The standard InChI is InChI=1S/C16H19ClN2S2/c1-4-19(10-14-7-8-15(17)21-14)16(20)18-13-6-5-11(2)12(3)9-13/h5-9H,4,10H2,1-3H3,(H,18,20). The van der Waals surface area contributed by atoms with Crippen LogP contribution in [0.1, 0.15) is 22.9 Å². The lowest BCUT2D eigenvalue weighted by Gasteiger charge is -2.24. The Balaban J connectivity index is 2.04. The fourth-order valence-electron chi connectivity index (χ4n) is 1.97. The Bertz CT molecular complexity index is 637. The molecule has 2 rings (SSSR count). The van der Waals surface area contributed by atoms with Crippen LogP contribution in [-0.4, -0.2) is 16.6 Å². The lowest BCUT2D eigenvalue weighted by atomic mass is 10.1. The smallest absolute Gasteiger partial charge is 0.173 e. The highest BCUT2D eigenvalue weighted by molar-refractivity contribution is 7.80. The van der Waals surface area contributed by atoms with E-state index >= 15 is 0 Å². The van der Waals surface area contributed by atoms with E-state index in [0.29, 0.717) is 0 Å². The minimum Gasteiger partial charge on any atom is -0.344 e. The van der Waals surface area contributed by atoms with Gasteiger partial charge < -0.3 is 10.2 Å². The van der Waals surface area contributed by atoms with Crippen molar-refractivity contribution in [3.63, 3.8) is 0 Å². The van der Waals surface area contributed by atoms with Crippen molar-refractivity contribution in [3.8, 4) is 0 Å². The molecule has 0 fully saturated rings. The maximum atomic E-state index is 5.98. The van der Waals surface area contributed by atoms with Gasteiger partial charge in [-0.1, -0.05) is 17.7 Å². The van der Waals surface area contributed by atoms with E-state index in [9.17, 15) is 0 Å². The van der Waals surface area contributed by atoms with Crippen LogP contribution in [0.15, 0.2) is 30.3 Å². The maximum Gasteiger partial charge on any atom is 0.173 e. The van der Waals surface area contributed by atoms with E-state index in [1.54, 1.807) is 11.3 Å². The molecule has 21 heavy (non-hydrogen) atoms. The number of rotatable bonds is 4. The van der Waals surface area contributed by atoms with Gasteiger partial charge in [0.15, 0.2) is 5.11 Å². The van der Waals surface area contributed by atoms with Crippen LogP contribution in [0.25, 0.3) is 0 Å². The summed E-state index contributed by atoms with van der Waals surface area (Å²) in [6.45, 7) is 7.95. The summed E-state index contributed by atoms with van der Waals surface area (Å²) < 4.78 is 0.814. The van der Waals surface area contributed by atoms with E-state index < -0.39 is 0 Å². The Morgan fingerprint density at radius 3 is 2.57 bits per heavy atom. The third kappa shape index (κ3) is 4.43. The van der Waals surface area contributed by atoms with Gasteiger partial charge in [-0.05, 0) is 68.4 Å². The van der Waals surface area contributed by atoms with Gasteiger partial charge in [-0.3, -0.25) is 0 Å². The van der Waals surface area contributed by atoms with Crippen LogP contribution < -0.4 is 5.32 Å². The highest BCUT2D eigenvalue weighted by Gasteiger charge is 2.10. The second-order valence-electron chi connectivity index (χ2n) is 4.95. The molecule has 2 nitrogen and oxygen atoms in total. The first kappa shape index (κ1) is 16.3. The summed E-state index contributed by atoms with van der Waals surface area (Å²) in [4.78, 5) is 3.35. The Labute approximate surface area is 140 Å². The van der Waals surface area contributed by atoms with Crippen LogP contribution >= 0.6 is 35.2 Å². The number of hydrogen-bond acceptors (Lipinski definition) is 2. The number of thiophene rings is 1. The van der Waals surface area contributed by atoms with Crippen molar-refractivity contribution in [1.29, 1.82) is 0 Å². The molecule has 1 aromatic heterocycles. The zero-order valence-corrected chi connectivity index (χ0v) is 14.8. The van der Waals surface area contributed by atoms with Gasteiger partial charge in [0, 0.05) is 17.1 Å². The fourth-order valence-corrected chi connectivity index (χ4v) is 3.39. The van der Waals surface area contributed by atoms with Crippen molar-refractivity contribution in [1.82, 2.24) is 4.90 Å². The summed E-state index contributed by atoms with van der Waals surface area (Å²) in [7, 11) is 0. The molecule has 0 saturated heterocycles. The molecule has 0 atom stereocenters. The average Bonchev–Trinajstić information content (AvgIpc) is 2.85. The van der Waals surface area contributed by atoms with Crippen LogP contribution in [0, 0.1) is 13.8 Å². The molecule has 0 saturated carbocycles. The van der Waals surface area contributed by atoms with E-state index in [0.717, 1.165) is 28.2 Å². The van der Waals surface area contributed by atoms with E-state index in [4.69, 9.17) is 23.8 Å². The number of benzene rings is 1.